The molecule has 2 aromatic rings. The molecular formula is C16H20N2O3. The topological polar surface area (TPSA) is 74.5 Å². The number of aliphatic hydroxyl groups is 1. The summed E-state index contributed by atoms with van der Waals surface area (Å²) in [6, 6.07) is 7.32. The minimum Gasteiger partial charge on any atom is -0.459 e. The van der Waals surface area contributed by atoms with Crippen molar-refractivity contribution in [2.45, 2.75) is 38.5 Å². The number of benzene rings is 1. The summed E-state index contributed by atoms with van der Waals surface area (Å²) in [5, 5.41) is 16.5. The van der Waals surface area contributed by atoms with E-state index in [0.29, 0.717) is 13.0 Å². The molecular weight excluding hydrogens is 268 g/mol. The molecule has 0 radical (unpaired) electrons. The molecule has 0 aliphatic carbocycles. The second-order valence-corrected chi connectivity index (χ2v) is 5.67. The Bertz CT molecular complexity index is 665. The molecule has 5 nitrogen and oxygen atoms in total. The molecule has 5 heteroatoms. The maximum Gasteiger partial charge on any atom is 0.237 e. The molecule has 1 aliphatic heterocycles. The van der Waals surface area contributed by atoms with E-state index in [1.807, 2.05) is 38.1 Å². The second-order valence-electron chi connectivity index (χ2n) is 5.67. The zero-order valence-corrected chi connectivity index (χ0v) is 12.2. The fourth-order valence-electron chi connectivity index (χ4n) is 2.90. The highest BCUT2D eigenvalue weighted by molar-refractivity contribution is 5.84. The van der Waals surface area contributed by atoms with Crippen LogP contribution < -0.4 is 10.6 Å². The average Bonchev–Trinajstić information content (AvgIpc) is 3.04. The number of carbonyl (C=O) groups excluding carboxylic acids is 1. The Kier molecular flexibility index (Phi) is 3.69. The maximum absolute atomic E-state index is 12.2. The molecule has 3 atom stereocenters. The van der Waals surface area contributed by atoms with Crippen LogP contribution >= 0.6 is 0 Å². The van der Waals surface area contributed by atoms with Crippen molar-refractivity contribution in [3.05, 3.63) is 35.6 Å². The number of hydrogen-bond donors (Lipinski definition) is 3. The summed E-state index contributed by atoms with van der Waals surface area (Å²) < 4.78 is 5.86. The quantitative estimate of drug-likeness (QED) is 0.802. The smallest absolute Gasteiger partial charge is 0.237 e. The van der Waals surface area contributed by atoms with Crippen LogP contribution in [-0.2, 0) is 4.79 Å². The Balaban J connectivity index is 1.76. The van der Waals surface area contributed by atoms with Gasteiger partial charge in [0.2, 0.25) is 5.91 Å². The van der Waals surface area contributed by atoms with E-state index >= 15 is 0 Å². The van der Waals surface area contributed by atoms with Crippen LogP contribution in [-0.4, -0.2) is 29.7 Å². The van der Waals surface area contributed by atoms with Crippen molar-refractivity contribution in [3.63, 3.8) is 0 Å². The Hall–Kier alpha value is -1.85. The molecule has 1 aromatic heterocycles. The number of rotatable bonds is 3. The van der Waals surface area contributed by atoms with Crippen LogP contribution in [0.5, 0.6) is 0 Å². The van der Waals surface area contributed by atoms with Gasteiger partial charge in [-0.3, -0.25) is 4.79 Å². The van der Waals surface area contributed by atoms with Gasteiger partial charge in [-0.1, -0.05) is 18.2 Å². The van der Waals surface area contributed by atoms with Crippen LogP contribution in [0.2, 0.25) is 0 Å². The second kappa shape index (κ2) is 5.50. The molecule has 0 saturated carbocycles. The summed E-state index contributed by atoms with van der Waals surface area (Å²) in [5.74, 6) is 0.682. The molecule has 3 rings (SSSR count). The Labute approximate surface area is 123 Å². The first-order valence-corrected chi connectivity index (χ1v) is 7.26. The number of hydrogen-bond acceptors (Lipinski definition) is 4. The van der Waals surface area contributed by atoms with Gasteiger partial charge in [0.1, 0.15) is 11.3 Å². The SMILES string of the molecule is Cc1c([C@H](C)NC(=O)[C@@H]2C[C@H](O)CN2)oc2ccccc12. The van der Waals surface area contributed by atoms with Gasteiger partial charge in [-0.05, 0) is 26.3 Å². The summed E-state index contributed by atoms with van der Waals surface area (Å²) in [7, 11) is 0. The van der Waals surface area contributed by atoms with Crippen LogP contribution in [0.25, 0.3) is 11.0 Å². The maximum atomic E-state index is 12.2. The lowest BCUT2D eigenvalue weighted by molar-refractivity contribution is -0.123. The van der Waals surface area contributed by atoms with Crippen LogP contribution in [0.1, 0.15) is 30.7 Å². The highest BCUT2D eigenvalue weighted by Crippen LogP contribution is 2.29. The highest BCUT2D eigenvalue weighted by Gasteiger charge is 2.29. The number of nitrogens with one attached hydrogen (secondary N) is 2. The van der Waals surface area contributed by atoms with Gasteiger partial charge in [0.25, 0.3) is 0 Å². The third kappa shape index (κ3) is 2.66. The normalized spacial score (nSPS) is 23.4. The van der Waals surface area contributed by atoms with E-state index in [0.717, 1.165) is 22.3 Å². The number of β-amino-alcohol motifs (C(OH)–C–C–N with tert-alkyl or cyclic N) is 1. The number of aliphatic hydroxyl groups excluding tert-OH is 1. The summed E-state index contributed by atoms with van der Waals surface area (Å²) in [5.41, 5.74) is 1.89. The third-order valence-corrected chi connectivity index (χ3v) is 4.06. The fourth-order valence-corrected chi connectivity index (χ4v) is 2.90. The lowest BCUT2D eigenvalue weighted by atomic mass is 10.1. The standard InChI is InChI=1S/C16H20N2O3/c1-9-12-5-3-4-6-14(12)21-15(9)10(2)18-16(20)13-7-11(19)8-17-13/h3-6,10-11,13,17,19H,7-8H2,1-2H3,(H,18,20)/t10-,11-,13-/m0/s1. The van der Waals surface area contributed by atoms with Crippen molar-refractivity contribution >= 4 is 16.9 Å². The molecule has 0 unspecified atom stereocenters. The van der Waals surface area contributed by atoms with Crippen molar-refractivity contribution in [3.8, 4) is 0 Å². The molecule has 3 N–H and O–H groups in total. The molecule has 1 aliphatic rings. The monoisotopic (exact) mass is 288 g/mol. The number of carbonyl (C=O) groups is 1. The van der Waals surface area contributed by atoms with Crippen molar-refractivity contribution < 1.29 is 14.3 Å². The zero-order valence-electron chi connectivity index (χ0n) is 12.2. The number of furan rings is 1. The van der Waals surface area contributed by atoms with Gasteiger partial charge in [0, 0.05) is 17.5 Å². The Morgan fingerprint density at radius 1 is 1.48 bits per heavy atom. The molecule has 1 fully saturated rings. The van der Waals surface area contributed by atoms with Crippen LogP contribution in [0.4, 0.5) is 0 Å². The van der Waals surface area contributed by atoms with E-state index in [-0.39, 0.29) is 18.0 Å². The summed E-state index contributed by atoms with van der Waals surface area (Å²) >= 11 is 0. The van der Waals surface area contributed by atoms with Gasteiger partial charge in [0.05, 0.1) is 18.2 Å². The number of aryl methyl sites for hydroxylation is 1. The average molecular weight is 288 g/mol. The first-order valence-electron chi connectivity index (χ1n) is 7.26. The molecule has 2 heterocycles. The van der Waals surface area contributed by atoms with Crippen molar-refractivity contribution in [1.82, 2.24) is 10.6 Å². The Morgan fingerprint density at radius 2 is 2.24 bits per heavy atom. The minimum absolute atomic E-state index is 0.0982. The summed E-state index contributed by atoms with van der Waals surface area (Å²) in [6.07, 6.45) is 0.0153. The van der Waals surface area contributed by atoms with E-state index in [1.165, 1.54) is 0 Å². The molecule has 112 valence electrons. The van der Waals surface area contributed by atoms with Crippen LogP contribution in [0.3, 0.4) is 0 Å². The van der Waals surface area contributed by atoms with Gasteiger partial charge in [0.15, 0.2) is 0 Å². The molecule has 21 heavy (non-hydrogen) atoms. The Morgan fingerprint density at radius 3 is 2.90 bits per heavy atom. The molecule has 1 aromatic carbocycles. The number of para-hydroxylation sites is 1. The van der Waals surface area contributed by atoms with E-state index in [9.17, 15) is 9.90 Å². The first kappa shape index (κ1) is 14.1. The minimum atomic E-state index is -0.441. The van der Waals surface area contributed by atoms with E-state index in [2.05, 4.69) is 10.6 Å². The number of amides is 1. The molecule has 1 saturated heterocycles. The van der Waals surface area contributed by atoms with Crippen molar-refractivity contribution in [1.29, 1.82) is 0 Å². The lowest BCUT2D eigenvalue weighted by Gasteiger charge is -2.16. The van der Waals surface area contributed by atoms with Crippen LogP contribution in [0, 0.1) is 6.92 Å². The number of fused-ring (bicyclic) bond motifs is 1. The van der Waals surface area contributed by atoms with E-state index in [4.69, 9.17) is 4.42 Å². The van der Waals surface area contributed by atoms with Crippen molar-refractivity contribution in [2.75, 3.05) is 6.54 Å². The van der Waals surface area contributed by atoms with E-state index < -0.39 is 6.10 Å². The van der Waals surface area contributed by atoms with Gasteiger partial charge < -0.3 is 20.2 Å². The summed E-state index contributed by atoms with van der Waals surface area (Å²) in [4.78, 5) is 12.2. The predicted molar refractivity (Wildman–Crippen MR) is 79.9 cm³/mol. The van der Waals surface area contributed by atoms with Gasteiger partial charge in [-0.2, -0.15) is 0 Å². The van der Waals surface area contributed by atoms with Crippen LogP contribution in [0.15, 0.2) is 28.7 Å². The first-order chi connectivity index (χ1) is 10.1. The van der Waals surface area contributed by atoms with Gasteiger partial charge >= 0.3 is 0 Å². The molecule has 0 bridgehead atoms. The molecule has 0 spiro atoms. The summed E-state index contributed by atoms with van der Waals surface area (Å²) in [6.45, 7) is 4.38. The van der Waals surface area contributed by atoms with Gasteiger partial charge in [-0.15, -0.1) is 0 Å². The van der Waals surface area contributed by atoms with E-state index in [1.54, 1.807) is 0 Å². The molecule has 1 amide bonds. The zero-order chi connectivity index (χ0) is 15.0. The lowest BCUT2D eigenvalue weighted by Crippen LogP contribution is -2.41. The van der Waals surface area contributed by atoms with Crippen molar-refractivity contribution in [2.24, 2.45) is 0 Å². The predicted octanol–water partition coefficient (Wildman–Crippen LogP) is 1.64. The fraction of sp³-hybridized carbons (Fsp3) is 0.438. The third-order valence-electron chi connectivity index (χ3n) is 4.06. The van der Waals surface area contributed by atoms with Gasteiger partial charge in [-0.25, -0.2) is 0 Å². The highest BCUT2D eigenvalue weighted by atomic mass is 16.3. The largest absolute Gasteiger partial charge is 0.459 e.